The molecular weight excluding hydrogens is 333 g/mol. The van der Waals surface area contributed by atoms with Crippen LogP contribution < -0.4 is 4.74 Å². The first kappa shape index (κ1) is 15.8. The van der Waals surface area contributed by atoms with Crippen molar-refractivity contribution >= 4 is 39.9 Å². The van der Waals surface area contributed by atoms with Crippen molar-refractivity contribution in [3.8, 4) is 17.0 Å². The van der Waals surface area contributed by atoms with Gasteiger partial charge in [-0.05, 0) is 37.3 Å². The number of ether oxygens (including phenoxy) is 1. The lowest BCUT2D eigenvalue weighted by molar-refractivity contribution is 0.101. The number of ketones is 1. The number of nitrogens with zero attached hydrogens (tertiary/aromatic N) is 1. The van der Waals surface area contributed by atoms with E-state index < -0.39 is 0 Å². The molecule has 0 spiro atoms. The Hall–Kier alpha value is -2.10. The standard InChI is InChI=1S/C18H13Cl2NO2/c1-10(22)13-7-16(11-3-5-12(19)6-4-11)21-17-9-15(20)18(23-2)8-14(13)17/h3-9H,1-2H3. The quantitative estimate of drug-likeness (QED) is 0.595. The van der Waals surface area contributed by atoms with Crippen molar-refractivity contribution in [3.05, 3.63) is 58.1 Å². The number of carbonyl (C=O) groups excluding carboxylic acids is 1. The second-order valence-electron chi connectivity index (χ2n) is 5.12. The number of fused-ring (bicyclic) bond motifs is 1. The van der Waals surface area contributed by atoms with Gasteiger partial charge in [0.15, 0.2) is 5.78 Å². The minimum atomic E-state index is -0.0445. The fourth-order valence-corrected chi connectivity index (χ4v) is 2.80. The number of pyridine rings is 1. The van der Waals surface area contributed by atoms with Crippen LogP contribution in [0.1, 0.15) is 17.3 Å². The maximum atomic E-state index is 12.1. The first-order valence-corrected chi connectivity index (χ1v) is 7.70. The van der Waals surface area contributed by atoms with Gasteiger partial charge in [-0.1, -0.05) is 35.3 Å². The van der Waals surface area contributed by atoms with Crippen molar-refractivity contribution in [3.63, 3.8) is 0 Å². The van der Waals surface area contributed by atoms with E-state index in [9.17, 15) is 4.79 Å². The van der Waals surface area contributed by atoms with E-state index in [0.29, 0.717) is 32.6 Å². The predicted octanol–water partition coefficient (Wildman–Crippen LogP) is 5.42. The van der Waals surface area contributed by atoms with Gasteiger partial charge >= 0.3 is 0 Å². The van der Waals surface area contributed by atoms with Gasteiger partial charge in [0, 0.05) is 21.5 Å². The molecule has 2 aromatic carbocycles. The summed E-state index contributed by atoms with van der Waals surface area (Å²) >= 11 is 12.1. The topological polar surface area (TPSA) is 39.2 Å². The molecule has 0 aliphatic heterocycles. The molecule has 5 heteroatoms. The van der Waals surface area contributed by atoms with Gasteiger partial charge in [0.05, 0.1) is 23.3 Å². The average molecular weight is 346 g/mol. The van der Waals surface area contributed by atoms with Crippen LogP contribution in [0.2, 0.25) is 10.0 Å². The molecule has 0 radical (unpaired) electrons. The number of methoxy groups -OCH3 is 1. The Morgan fingerprint density at radius 3 is 2.39 bits per heavy atom. The second kappa shape index (κ2) is 6.19. The van der Waals surface area contributed by atoms with Crippen LogP contribution in [0.4, 0.5) is 0 Å². The van der Waals surface area contributed by atoms with Gasteiger partial charge in [0.2, 0.25) is 0 Å². The third-order valence-electron chi connectivity index (χ3n) is 3.60. The summed E-state index contributed by atoms with van der Waals surface area (Å²) in [6.45, 7) is 1.53. The van der Waals surface area contributed by atoms with E-state index in [1.807, 2.05) is 12.1 Å². The molecule has 0 N–H and O–H groups in total. The summed E-state index contributed by atoms with van der Waals surface area (Å²) in [6, 6.07) is 12.5. The lowest BCUT2D eigenvalue weighted by Gasteiger charge is -2.11. The number of halogens is 2. The fourth-order valence-electron chi connectivity index (χ4n) is 2.44. The first-order chi connectivity index (χ1) is 11.0. The molecule has 0 saturated heterocycles. The summed E-state index contributed by atoms with van der Waals surface area (Å²) in [5.74, 6) is 0.472. The van der Waals surface area contributed by atoms with E-state index in [1.54, 1.807) is 30.3 Å². The van der Waals surface area contributed by atoms with Crippen LogP contribution in [0.3, 0.4) is 0 Å². The average Bonchev–Trinajstić information content (AvgIpc) is 2.53. The lowest BCUT2D eigenvalue weighted by atomic mass is 10.0. The van der Waals surface area contributed by atoms with Gasteiger partial charge in [-0.15, -0.1) is 0 Å². The molecule has 3 nitrogen and oxygen atoms in total. The highest BCUT2D eigenvalue weighted by molar-refractivity contribution is 6.33. The lowest BCUT2D eigenvalue weighted by Crippen LogP contribution is -1.98. The summed E-state index contributed by atoms with van der Waals surface area (Å²) in [4.78, 5) is 16.7. The smallest absolute Gasteiger partial charge is 0.160 e. The highest BCUT2D eigenvalue weighted by Crippen LogP contribution is 2.33. The Kier molecular flexibility index (Phi) is 4.24. The summed E-state index contributed by atoms with van der Waals surface area (Å²) < 4.78 is 5.23. The monoisotopic (exact) mass is 345 g/mol. The molecule has 0 unspecified atom stereocenters. The van der Waals surface area contributed by atoms with Crippen LogP contribution in [0.15, 0.2) is 42.5 Å². The summed E-state index contributed by atoms with van der Waals surface area (Å²) in [5, 5.41) is 1.82. The molecular formula is C18H13Cl2NO2. The van der Waals surface area contributed by atoms with Gasteiger partial charge in [-0.25, -0.2) is 4.98 Å². The minimum absolute atomic E-state index is 0.0445. The molecule has 3 rings (SSSR count). The largest absolute Gasteiger partial charge is 0.495 e. The Balaban J connectivity index is 2.29. The molecule has 3 aromatic rings. The first-order valence-electron chi connectivity index (χ1n) is 6.95. The van der Waals surface area contributed by atoms with Crippen molar-refractivity contribution in [1.29, 1.82) is 0 Å². The van der Waals surface area contributed by atoms with Gasteiger partial charge < -0.3 is 4.74 Å². The van der Waals surface area contributed by atoms with Gasteiger partial charge in [0.25, 0.3) is 0 Å². The van der Waals surface area contributed by atoms with Crippen LogP contribution >= 0.6 is 23.2 Å². The number of hydrogen-bond acceptors (Lipinski definition) is 3. The van der Waals surface area contributed by atoms with Crippen LogP contribution in [0.25, 0.3) is 22.2 Å². The molecule has 0 aliphatic carbocycles. The third kappa shape index (κ3) is 3.03. The summed E-state index contributed by atoms with van der Waals surface area (Å²) in [5.41, 5.74) is 2.80. The van der Waals surface area contributed by atoms with Crippen LogP contribution in [0, 0.1) is 0 Å². The van der Waals surface area contributed by atoms with E-state index in [0.717, 1.165) is 10.9 Å². The summed E-state index contributed by atoms with van der Waals surface area (Å²) in [6.07, 6.45) is 0. The molecule has 0 bridgehead atoms. The number of hydrogen-bond donors (Lipinski definition) is 0. The number of Topliss-reactive ketones (excluding diaryl/α,β-unsaturated/α-hetero) is 1. The molecule has 0 fully saturated rings. The van der Waals surface area contributed by atoms with Crippen molar-refractivity contribution in [2.24, 2.45) is 0 Å². The maximum absolute atomic E-state index is 12.1. The zero-order valence-corrected chi connectivity index (χ0v) is 14.1. The molecule has 0 aliphatic rings. The Morgan fingerprint density at radius 1 is 1.09 bits per heavy atom. The molecule has 0 atom stereocenters. The normalized spacial score (nSPS) is 10.8. The molecule has 1 heterocycles. The minimum Gasteiger partial charge on any atom is -0.495 e. The summed E-state index contributed by atoms with van der Waals surface area (Å²) in [7, 11) is 1.54. The number of carbonyl (C=O) groups is 1. The van der Waals surface area contributed by atoms with Crippen LogP contribution in [-0.4, -0.2) is 17.9 Å². The van der Waals surface area contributed by atoms with Gasteiger partial charge in [-0.3, -0.25) is 4.79 Å². The Morgan fingerprint density at radius 2 is 1.78 bits per heavy atom. The van der Waals surface area contributed by atoms with Gasteiger partial charge in [0.1, 0.15) is 5.75 Å². The van der Waals surface area contributed by atoms with Crippen molar-refractivity contribution < 1.29 is 9.53 Å². The SMILES string of the molecule is COc1cc2c(C(C)=O)cc(-c3ccc(Cl)cc3)nc2cc1Cl. The Labute approximate surface area is 143 Å². The molecule has 116 valence electrons. The van der Waals surface area contributed by atoms with Crippen molar-refractivity contribution in [1.82, 2.24) is 4.98 Å². The maximum Gasteiger partial charge on any atom is 0.160 e. The highest BCUT2D eigenvalue weighted by atomic mass is 35.5. The van der Waals surface area contributed by atoms with Crippen LogP contribution in [0.5, 0.6) is 5.75 Å². The fraction of sp³-hybridized carbons (Fsp3) is 0.111. The van der Waals surface area contributed by atoms with E-state index in [2.05, 4.69) is 4.98 Å². The highest BCUT2D eigenvalue weighted by Gasteiger charge is 2.14. The third-order valence-corrected chi connectivity index (χ3v) is 4.15. The number of rotatable bonds is 3. The zero-order chi connectivity index (χ0) is 16.6. The van der Waals surface area contributed by atoms with E-state index in [-0.39, 0.29) is 5.78 Å². The van der Waals surface area contributed by atoms with E-state index in [1.165, 1.54) is 14.0 Å². The number of benzene rings is 2. The molecule has 23 heavy (non-hydrogen) atoms. The Bertz CT molecular complexity index is 905. The van der Waals surface area contributed by atoms with Crippen molar-refractivity contribution in [2.45, 2.75) is 6.92 Å². The molecule has 1 aromatic heterocycles. The van der Waals surface area contributed by atoms with E-state index >= 15 is 0 Å². The van der Waals surface area contributed by atoms with Crippen molar-refractivity contribution in [2.75, 3.05) is 7.11 Å². The zero-order valence-electron chi connectivity index (χ0n) is 12.6. The number of aromatic nitrogens is 1. The molecule has 0 amide bonds. The van der Waals surface area contributed by atoms with E-state index in [4.69, 9.17) is 27.9 Å². The molecule has 0 saturated carbocycles. The second-order valence-corrected chi connectivity index (χ2v) is 5.97. The van der Waals surface area contributed by atoms with Crippen LogP contribution in [-0.2, 0) is 0 Å². The van der Waals surface area contributed by atoms with Gasteiger partial charge in [-0.2, -0.15) is 0 Å². The predicted molar refractivity (Wildman–Crippen MR) is 93.8 cm³/mol.